The van der Waals surface area contributed by atoms with Crippen LogP contribution in [-0.2, 0) is 9.53 Å². The summed E-state index contributed by atoms with van der Waals surface area (Å²) < 4.78 is 4.77. The number of amides is 1. The molecule has 0 spiro atoms. The molecule has 0 fully saturated rings. The molecule has 1 heterocycles. The minimum Gasteiger partial charge on any atom is -0.463 e. The number of hydrogen-bond donors (Lipinski definition) is 2. The molecule has 1 rings (SSSR count). The van der Waals surface area contributed by atoms with Gasteiger partial charge >= 0.3 is 5.97 Å². The van der Waals surface area contributed by atoms with Crippen molar-refractivity contribution >= 4 is 11.9 Å². The average molecular weight is 251 g/mol. The zero-order chi connectivity index (χ0) is 13.7. The van der Waals surface area contributed by atoms with Crippen LogP contribution in [0, 0.1) is 13.8 Å². The van der Waals surface area contributed by atoms with Crippen molar-refractivity contribution in [2.75, 3.05) is 13.2 Å². The molecule has 0 saturated heterocycles. The summed E-state index contributed by atoms with van der Waals surface area (Å²) in [6.07, 6.45) is 0. The Hall–Kier alpha value is -2.11. The first-order valence-corrected chi connectivity index (χ1v) is 5.62. The molecule has 0 aliphatic carbocycles. The van der Waals surface area contributed by atoms with Gasteiger partial charge in [-0.05, 0) is 20.8 Å². The van der Waals surface area contributed by atoms with Gasteiger partial charge in [-0.3, -0.25) is 9.89 Å². The van der Waals surface area contributed by atoms with Gasteiger partial charge in [-0.15, -0.1) is 0 Å². The summed E-state index contributed by atoms with van der Waals surface area (Å²) in [7, 11) is 0. The van der Waals surface area contributed by atoms with Gasteiger partial charge in [0.05, 0.1) is 17.9 Å². The van der Waals surface area contributed by atoms with Gasteiger partial charge in [0.25, 0.3) is 5.91 Å². The molecule has 0 aliphatic heterocycles. The zero-order valence-electron chi connectivity index (χ0n) is 10.8. The molecule has 0 bridgehead atoms. The largest absolute Gasteiger partial charge is 0.463 e. The smallest absolute Gasteiger partial charge is 0.335 e. The molecular weight excluding hydrogens is 234 g/mol. The van der Waals surface area contributed by atoms with Gasteiger partial charge in [-0.25, -0.2) is 4.79 Å². The molecule has 0 atom stereocenters. The number of esters is 1. The van der Waals surface area contributed by atoms with Gasteiger partial charge < -0.3 is 10.1 Å². The molecule has 0 radical (unpaired) electrons. The van der Waals surface area contributed by atoms with Crippen molar-refractivity contribution < 1.29 is 14.3 Å². The summed E-state index contributed by atoms with van der Waals surface area (Å²) in [5.74, 6) is -0.789. The maximum Gasteiger partial charge on any atom is 0.335 e. The SMILES string of the molecule is C=C(CNC(=O)c1c(C)n[nH]c1C)C(=O)OCC. The summed E-state index contributed by atoms with van der Waals surface area (Å²) >= 11 is 0. The van der Waals surface area contributed by atoms with Crippen LogP contribution in [0.15, 0.2) is 12.2 Å². The van der Waals surface area contributed by atoms with E-state index in [2.05, 4.69) is 22.1 Å². The second-order valence-electron chi connectivity index (χ2n) is 3.82. The summed E-state index contributed by atoms with van der Waals surface area (Å²) in [5, 5.41) is 9.26. The molecular formula is C12H17N3O3. The Morgan fingerprint density at radius 3 is 2.61 bits per heavy atom. The second-order valence-corrected chi connectivity index (χ2v) is 3.82. The number of aromatic amines is 1. The Labute approximate surface area is 105 Å². The Bertz CT molecular complexity index is 457. The Balaban J connectivity index is 2.57. The fourth-order valence-electron chi connectivity index (χ4n) is 1.47. The van der Waals surface area contributed by atoms with E-state index in [4.69, 9.17) is 4.74 Å². The topological polar surface area (TPSA) is 84.1 Å². The molecule has 1 aromatic heterocycles. The Kier molecular flexibility index (Phi) is 4.65. The number of ether oxygens (including phenoxy) is 1. The van der Waals surface area contributed by atoms with Crippen molar-refractivity contribution in [1.29, 1.82) is 0 Å². The van der Waals surface area contributed by atoms with Crippen LogP contribution in [0.1, 0.15) is 28.7 Å². The number of carbonyl (C=O) groups is 2. The molecule has 0 aliphatic rings. The van der Waals surface area contributed by atoms with E-state index in [-0.39, 0.29) is 24.6 Å². The van der Waals surface area contributed by atoms with Gasteiger partial charge in [-0.2, -0.15) is 5.10 Å². The summed E-state index contributed by atoms with van der Waals surface area (Å²) in [4.78, 5) is 23.2. The van der Waals surface area contributed by atoms with Crippen molar-refractivity contribution in [3.8, 4) is 0 Å². The fraction of sp³-hybridized carbons (Fsp3) is 0.417. The van der Waals surface area contributed by atoms with Crippen molar-refractivity contribution in [1.82, 2.24) is 15.5 Å². The van der Waals surface area contributed by atoms with Gasteiger partial charge in [0.2, 0.25) is 0 Å². The van der Waals surface area contributed by atoms with E-state index in [1.165, 1.54) is 0 Å². The van der Waals surface area contributed by atoms with E-state index in [0.717, 1.165) is 0 Å². The lowest BCUT2D eigenvalue weighted by atomic mass is 10.2. The van der Waals surface area contributed by atoms with Crippen LogP contribution in [0.2, 0.25) is 0 Å². The average Bonchev–Trinajstić information content (AvgIpc) is 2.66. The molecule has 1 aromatic rings. The number of aryl methyl sites for hydroxylation is 2. The van der Waals surface area contributed by atoms with Gasteiger partial charge in [0.15, 0.2) is 0 Å². The highest BCUT2D eigenvalue weighted by molar-refractivity contribution is 5.97. The van der Waals surface area contributed by atoms with E-state index < -0.39 is 5.97 Å². The predicted molar refractivity (Wildman–Crippen MR) is 66.2 cm³/mol. The third-order valence-electron chi connectivity index (χ3n) is 2.38. The number of rotatable bonds is 5. The number of H-pyrrole nitrogens is 1. The van der Waals surface area contributed by atoms with Crippen molar-refractivity contribution in [2.45, 2.75) is 20.8 Å². The van der Waals surface area contributed by atoms with Gasteiger partial charge in [-0.1, -0.05) is 6.58 Å². The summed E-state index contributed by atoms with van der Waals surface area (Å²) in [5.41, 5.74) is 2.01. The molecule has 6 nitrogen and oxygen atoms in total. The molecule has 0 aromatic carbocycles. The van der Waals surface area contributed by atoms with Crippen molar-refractivity contribution in [3.05, 3.63) is 29.1 Å². The van der Waals surface area contributed by atoms with Crippen LogP contribution >= 0.6 is 0 Å². The maximum atomic E-state index is 11.9. The van der Waals surface area contributed by atoms with E-state index in [1.807, 2.05) is 0 Å². The number of aromatic nitrogens is 2. The molecule has 18 heavy (non-hydrogen) atoms. The Morgan fingerprint density at radius 2 is 2.11 bits per heavy atom. The molecule has 0 unspecified atom stereocenters. The molecule has 1 amide bonds. The monoisotopic (exact) mass is 251 g/mol. The van der Waals surface area contributed by atoms with Crippen LogP contribution in [0.4, 0.5) is 0 Å². The maximum absolute atomic E-state index is 11.9. The number of nitrogens with one attached hydrogen (secondary N) is 2. The highest BCUT2D eigenvalue weighted by Gasteiger charge is 2.16. The van der Waals surface area contributed by atoms with Crippen molar-refractivity contribution in [3.63, 3.8) is 0 Å². The quantitative estimate of drug-likeness (QED) is 0.601. The number of nitrogens with zero attached hydrogens (tertiary/aromatic N) is 1. The number of carbonyl (C=O) groups excluding carboxylic acids is 2. The van der Waals surface area contributed by atoms with Gasteiger partial charge in [0.1, 0.15) is 0 Å². The lowest BCUT2D eigenvalue weighted by molar-refractivity contribution is -0.138. The minimum absolute atomic E-state index is 0.0573. The highest BCUT2D eigenvalue weighted by Crippen LogP contribution is 2.08. The first-order chi connectivity index (χ1) is 8.47. The van der Waals surface area contributed by atoms with E-state index in [0.29, 0.717) is 17.0 Å². The fourth-order valence-corrected chi connectivity index (χ4v) is 1.47. The van der Waals surface area contributed by atoms with E-state index in [1.54, 1.807) is 20.8 Å². The van der Waals surface area contributed by atoms with E-state index in [9.17, 15) is 9.59 Å². The molecule has 98 valence electrons. The Morgan fingerprint density at radius 1 is 1.44 bits per heavy atom. The third-order valence-corrected chi connectivity index (χ3v) is 2.38. The molecule has 6 heteroatoms. The second kappa shape index (κ2) is 6.00. The van der Waals surface area contributed by atoms with Crippen LogP contribution < -0.4 is 5.32 Å². The normalized spacial score (nSPS) is 9.94. The first kappa shape index (κ1) is 14.0. The summed E-state index contributed by atoms with van der Waals surface area (Å²) in [6, 6.07) is 0. The van der Waals surface area contributed by atoms with Crippen LogP contribution in [-0.4, -0.2) is 35.2 Å². The third kappa shape index (κ3) is 3.19. The standard InChI is InChI=1S/C12H17N3O3/c1-5-18-12(17)7(2)6-13-11(16)10-8(3)14-15-9(10)4/h2,5-6H2,1,3-4H3,(H,13,16)(H,14,15). The van der Waals surface area contributed by atoms with E-state index >= 15 is 0 Å². The van der Waals surface area contributed by atoms with Gasteiger partial charge in [0, 0.05) is 17.8 Å². The number of hydrogen-bond acceptors (Lipinski definition) is 4. The zero-order valence-corrected chi connectivity index (χ0v) is 10.8. The van der Waals surface area contributed by atoms with Crippen LogP contribution in [0.25, 0.3) is 0 Å². The lowest BCUT2D eigenvalue weighted by Crippen LogP contribution is -2.28. The minimum atomic E-state index is -0.501. The summed E-state index contributed by atoms with van der Waals surface area (Å²) in [6.45, 7) is 9.10. The molecule has 2 N–H and O–H groups in total. The highest BCUT2D eigenvalue weighted by atomic mass is 16.5. The predicted octanol–water partition coefficient (Wildman–Crippen LogP) is 0.876. The van der Waals surface area contributed by atoms with Crippen LogP contribution in [0.3, 0.4) is 0 Å². The molecule has 0 saturated carbocycles. The van der Waals surface area contributed by atoms with Crippen molar-refractivity contribution in [2.24, 2.45) is 0 Å². The van der Waals surface area contributed by atoms with Crippen LogP contribution in [0.5, 0.6) is 0 Å². The lowest BCUT2D eigenvalue weighted by Gasteiger charge is -2.07. The first-order valence-electron chi connectivity index (χ1n) is 5.62.